The zero-order valence-corrected chi connectivity index (χ0v) is 10.4. The molecule has 0 bridgehead atoms. The summed E-state index contributed by atoms with van der Waals surface area (Å²) in [6.45, 7) is 13.9. The molecule has 1 aliphatic heterocycles. The molecule has 1 fully saturated rings. The Balaban J connectivity index is 2.41. The molecule has 14 heavy (non-hydrogen) atoms. The second-order valence-electron chi connectivity index (χ2n) is 5.42. The first-order valence-corrected chi connectivity index (χ1v) is 5.97. The number of nitrogens with one attached hydrogen (secondary N) is 1. The average Bonchev–Trinajstić information content (AvgIpc) is 2.52. The first-order chi connectivity index (χ1) is 6.45. The second kappa shape index (κ2) is 4.63. The lowest BCUT2D eigenvalue weighted by molar-refractivity contribution is 0.145. The van der Waals surface area contributed by atoms with Gasteiger partial charge in [-0.3, -0.25) is 4.90 Å². The quantitative estimate of drug-likeness (QED) is 0.745. The summed E-state index contributed by atoms with van der Waals surface area (Å²) in [7, 11) is 0. The Labute approximate surface area is 89.1 Å². The highest BCUT2D eigenvalue weighted by Gasteiger charge is 2.31. The maximum Gasteiger partial charge on any atom is 0.0209 e. The van der Waals surface area contributed by atoms with E-state index in [-0.39, 0.29) is 0 Å². The molecule has 1 saturated heterocycles. The van der Waals surface area contributed by atoms with Crippen molar-refractivity contribution in [3.8, 4) is 0 Å². The second-order valence-corrected chi connectivity index (χ2v) is 5.42. The molecule has 84 valence electrons. The van der Waals surface area contributed by atoms with Gasteiger partial charge in [-0.1, -0.05) is 20.8 Å². The summed E-state index contributed by atoms with van der Waals surface area (Å²) in [5.41, 5.74) is 0.382. The molecule has 1 rings (SSSR count). The number of hydrogen-bond acceptors (Lipinski definition) is 2. The van der Waals surface area contributed by atoms with Crippen molar-refractivity contribution in [1.29, 1.82) is 0 Å². The van der Waals surface area contributed by atoms with E-state index in [2.05, 4.69) is 44.8 Å². The molecule has 0 amide bonds. The maximum absolute atomic E-state index is 3.63. The molecule has 0 spiro atoms. The molecule has 0 aromatic heterocycles. The summed E-state index contributed by atoms with van der Waals surface area (Å²) in [4.78, 5) is 2.62. The molecule has 1 unspecified atom stereocenters. The minimum atomic E-state index is 0.382. The fourth-order valence-electron chi connectivity index (χ4n) is 2.14. The van der Waals surface area contributed by atoms with Gasteiger partial charge in [-0.2, -0.15) is 0 Å². The molecular weight excluding hydrogens is 172 g/mol. The Morgan fingerprint density at radius 2 is 2.07 bits per heavy atom. The van der Waals surface area contributed by atoms with Crippen LogP contribution in [0.4, 0.5) is 0 Å². The van der Waals surface area contributed by atoms with Crippen molar-refractivity contribution >= 4 is 0 Å². The number of rotatable bonds is 4. The Morgan fingerprint density at radius 1 is 1.43 bits per heavy atom. The minimum absolute atomic E-state index is 0.382. The molecule has 2 nitrogen and oxygen atoms in total. The number of hydrogen-bond donors (Lipinski definition) is 1. The smallest absolute Gasteiger partial charge is 0.0209 e. The van der Waals surface area contributed by atoms with Crippen LogP contribution in [0.1, 0.15) is 47.5 Å². The molecule has 2 heteroatoms. The summed E-state index contributed by atoms with van der Waals surface area (Å²) in [6.07, 6.45) is 2.54. The van der Waals surface area contributed by atoms with Crippen LogP contribution < -0.4 is 5.32 Å². The lowest BCUT2D eigenvalue weighted by Gasteiger charge is -2.34. The van der Waals surface area contributed by atoms with Crippen LogP contribution in [0.3, 0.4) is 0 Å². The highest BCUT2D eigenvalue weighted by molar-refractivity contribution is 4.90. The minimum Gasteiger partial charge on any atom is -0.310 e. The van der Waals surface area contributed by atoms with E-state index in [0.29, 0.717) is 17.6 Å². The summed E-state index contributed by atoms with van der Waals surface area (Å²) in [5.74, 6) is 0. The van der Waals surface area contributed by atoms with Gasteiger partial charge in [-0.05, 0) is 26.7 Å². The SMILES string of the molecule is CCC(C)(C)N1CCC(NC(C)C)C1. The van der Waals surface area contributed by atoms with Crippen molar-refractivity contribution in [3.63, 3.8) is 0 Å². The zero-order chi connectivity index (χ0) is 10.8. The third-order valence-corrected chi connectivity index (χ3v) is 3.48. The van der Waals surface area contributed by atoms with Gasteiger partial charge in [-0.15, -0.1) is 0 Å². The Kier molecular flexibility index (Phi) is 3.96. The Morgan fingerprint density at radius 3 is 2.57 bits per heavy atom. The van der Waals surface area contributed by atoms with Gasteiger partial charge in [-0.25, -0.2) is 0 Å². The predicted octanol–water partition coefficient (Wildman–Crippen LogP) is 2.25. The lowest BCUT2D eigenvalue weighted by atomic mass is 10.0. The van der Waals surface area contributed by atoms with Crippen molar-refractivity contribution in [2.75, 3.05) is 13.1 Å². The third kappa shape index (κ3) is 2.96. The summed E-state index contributed by atoms with van der Waals surface area (Å²) in [6, 6.07) is 1.32. The number of nitrogens with zero attached hydrogens (tertiary/aromatic N) is 1. The van der Waals surface area contributed by atoms with E-state index in [9.17, 15) is 0 Å². The number of likely N-dealkylation sites (tertiary alicyclic amines) is 1. The van der Waals surface area contributed by atoms with Crippen molar-refractivity contribution in [3.05, 3.63) is 0 Å². The summed E-state index contributed by atoms with van der Waals surface area (Å²) >= 11 is 0. The van der Waals surface area contributed by atoms with Gasteiger partial charge in [0.05, 0.1) is 0 Å². The average molecular weight is 198 g/mol. The molecular formula is C12H26N2. The molecule has 1 atom stereocenters. The fourth-order valence-corrected chi connectivity index (χ4v) is 2.14. The van der Waals surface area contributed by atoms with Gasteiger partial charge in [0.15, 0.2) is 0 Å². The van der Waals surface area contributed by atoms with Crippen LogP contribution in [0, 0.1) is 0 Å². The largest absolute Gasteiger partial charge is 0.310 e. The van der Waals surface area contributed by atoms with Gasteiger partial charge in [0, 0.05) is 30.7 Å². The van der Waals surface area contributed by atoms with Crippen LogP contribution in [-0.4, -0.2) is 35.6 Å². The molecule has 0 aliphatic carbocycles. The Bertz CT molecular complexity index is 175. The molecule has 0 aromatic rings. The van der Waals surface area contributed by atoms with Crippen LogP contribution >= 0.6 is 0 Å². The fraction of sp³-hybridized carbons (Fsp3) is 1.00. The van der Waals surface area contributed by atoms with Crippen LogP contribution in [0.25, 0.3) is 0 Å². The zero-order valence-electron chi connectivity index (χ0n) is 10.4. The summed E-state index contributed by atoms with van der Waals surface area (Å²) in [5, 5.41) is 3.63. The van der Waals surface area contributed by atoms with Crippen LogP contribution in [-0.2, 0) is 0 Å². The van der Waals surface area contributed by atoms with E-state index in [1.807, 2.05) is 0 Å². The van der Waals surface area contributed by atoms with E-state index < -0.39 is 0 Å². The van der Waals surface area contributed by atoms with Crippen LogP contribution in [0.5, 0.6) is 0 Å². The van der Waals surface area contributed by atoms with E-state index in [4.69, 9.17) is 0 Å². The molecule has 0 aromatic carbocycles. The van der Waals surface area contributed by atoms with Gasteiger partial charge in [0.2, 0.25) is 0 Å². The van der Waals surface area contributed by atoms with E-state index in [1.165, 1.54) is 25.9 Å². The molecule has 0 radical (unpaired) electrons. The van der Waals surface area contributed by atoms with Gasteiger partial charge in [0.25, 0.3) is 0 Å². The lowest BCUT2D eigenvalue weighted by Crippen LogP contribution is -2.44. The van der Waals surface area contributed by atoms with Gasteiger partial charge >= 0.3 is 0 Å². The molecule has 1 aliphatic rings. The highest BCUT2D eigenvalue weighted by Crippen LogP contribution is 2.23. The third-order valence-electron chi connectivity index (χ3n) is 3.48. The molecule has 1 heterocycles. The molecule has 1 N–H and O–H groups in total. The molecule has 0 saturated carbocycles. The van der Waals surface area contributed by atoms with Crippen molar-refractivity contribution in [2.24, 2.45) is 0 Å². The first kappa shape index (κ1) is 12.0. The highest BCUT2D eigenvalue weighted by atomic mass is 15.2. The monoisotopic (exact) mass is 198 g/mol. The van der Waals surface area contributed by atoms with Gasteiger partial charge < -0.3 is 5.32 Å². The van der Waals surface area contributed by atoms with E-state index in [1.54, 1.807) is 0 Å². The maximum atomic E-state index is 3.63. The summed E-state index contributed by atoms with van der Waals surface area (Å²) < 4.78 is 0. The van der Waals surface area contributed by atoms with Crippen LogP contribution in [0.15, 0.2) is 0 Å². The Hall–Kier alpha value is -0.0800. The van der Waals surface area contributed by atoms with Crippen molar-refractivity contribution in [1.82, 2.24) is 10.2 Å². The van der Waals surface area contributed by atoms with E-state index in [0.717, 1.165) is 0 Å². The topological polar surface area (TPSA) is 15.3 Å². The van der Waals surface area contributed by atoms with Crippen molar-refractivity contribution in [2.45, 2.75) is 65.1 Å². The predicted molar refractivity (Wildman–Crippen MR) is 62.6 cm³/mol. The van der Waals surface area contributed by atoms with E-state index >= 15 is 0 Å². The van der Waals surface area contributed by atoms with Crippen LogP contribution in [0.2, 0.25) is 0 Å². The van der Waals surface area contributed by atoms with Crippen molar-refractivity contribution < 1.29 is 0 Å². The van der Waals surface area contributed by atoms with Gasteiger partial charge in [0.1, 0.15) is 0 Å². The first-order valence-electron chi connectivity index (χ1n) is 5.97. The standard InChI is InChI=1S/C12H26N2/c1-6-12(4,5)14-8-7-11(9-14)13-10(2)3/h10-11,13H,6-9H2,1-5H3. The normalized spacial score (nSPS) is 24.9.